The molecule has 5 rings (SSSR count). The van der Waals surface area contributed by atoms with Crippen LogP contribution in [0.4, 0.5) is 5.82 Å². The Morgan fingerprint density at radius 3 is 2.57 bits per heavy atom. The van der Waals surface area contributed by atoms with E-state index in [4.69, 9.17) is 4.74 Å². The zero-order valence-corrected chi connectivity index (χ0v) is 19.8. The molecule has 9 nitrogen and oxygen atoms in total. The second-order valence-electron chi connectivity index (χ2n) is 8.81. The Hall–Kier alpha value is -3.69. The number of amides is 1. The summed E-state index contributed by atoms with van der Waals surface area (Å²) in [6.07, 6.45) is 1.48. The fourth-order valence-electron chi connectivity index (χ4n) is 4.79. The van der Waals surface area contributed by atoms with E-state index >= 15 is 0 Å². The maximum atomic E-state index is 13.3. The first-order chi connectivity index (χ1) is 17.1. The summed E-state index contributed by atoms with van der Waals surface area (Å²) < 4.78 is 6.91. The van der Waals surface area contributed by atoms with Gasteiger partial charge in [-0.1, -0.05) is 36.4 Å². The Balaban J connectivity index is 1.24. The highest BCUT2D eigenvalue weighted by molar-refractivity contribution is 5.82. The smallest absolute Gasteiger partial charge is 0.271 e. The second-order valence-corrected chi connectivity index (χ2v) is 8.81. The molecule has 2 aliphatic heterocycles. The molecule has 9 heteroatoms. The lowest BCUT2D eigenvalue weighted by Gasteiger charge is -2.25. The van der Waals surface area contributed by atoms with Crippen molar-refractivity contribution in [3.63, 3.8) is 0 Å². The lowest BCUT2D eigenvalue weighted by atomic mass is 10.0. The lowest BCUT2D eigenvalue weighted by Crippen LogP contribution is -2.46. The van der Waals surface area contributed by atoms with Crippen molar-refractivity contribution in [2.75, 3.05) is 38.2 Å². The van der Waals surface area contributed by atoms with Gasteiger partial charge >= 0.3 is 0 Å². The van der Waals surface area contributed by atoms with Gasteiger partial charge in [-0.05, 0) is 37.1 Å². The average molecular weight is 475 g/mol. The van der Waals surface area contributed by atoms with Crippen molar-refractivity contribution >= 4 is 11.7 Å². The number of hydrogen-bond acceptors (Lipinski definition) is 7. The first-order valence-corrected chi connectivity index (χ1v) is 12.0. The summed E-state index contributed by atoms with van der Waals surface area (Å²) in [5, 5.41) is 4.61. The number of carbonyl (C=O) groups excluding carboxylic acids is 1. The van der Waals surface area contributed by atoms with E-state index in [-0.39, 0.29) is 23.6 Å². The molecule has 3 heterocycles. The molecule has 1 amide bonds. The Morgan fingerprint density at radius 2 is 1.74 bits per heavy atom. The number of nitrogens with zero attached hydrogens (tertiary/aromatic N) is 4. The van der Waals surface area contributed by atoms with Crippen LogP contribution in [-0.4, -0.2) is 59.9 Å². The van der Waals surface area contributed by atoms with Gasteiger partial charge in [0.15, 0.2) is 0 Å². The van der Waals surface area contributed by atoms with Crippen LogP contribution in [0.1, 0.15) is 24.4 Å². The van der Waals surface area contributed by atoms with Crippen LogP contribution in [0, 0.1) is 0 Å². The van der Waals surface area contributed by atoms with Crippen molar-refractivity contribution < 1.29 is 9.53 Å². The summed E-state index contributed by atoms with van der Waals surface area (Å²) in [4.78, 5) is 29.8. The first-order valence-electron chi connectivity index (χ1n) is 12.0. The molecule has 35 heavy (non-hydrogen) atoms. The number of benzene rings is 2. The van der Waals surface area contributed by atoms with Crippen LogP contribution < -0.4 is 26.0 Å². The summed E-state index contributed by atoms with van der Waals surface area (Å²) >= 11 is 0. The van der Waals surface area contributed by atoms with Crippen molar-refractivity contribution in [3.05, 3.63) is 82.6 Å². The van der Waals surface area contributed by atoms with Crippen LogP contribution in [0.25, 0.3) is 5.69 Å². The van der Waals surface area contributed by atoms with Crippen molar-refractivity contribution in [1.82, 2.24) is 25.5 Å². The molecule has 2 fully saturated rings. The fourth-order valence-corrected chi connectivity index (χ4v) is 4.79. The number of aromatic nitrogens is 2. The van der Waals surface area contributed by atoms with Crippen LogP contribution in [0.15, 0.2) is 71.5 Å². The molecule has 2 aromatic carbocycles. The molecule has 2 aliphatic rings. The largest absolute Gasteiger partial charge is 0.496 e. The summed E-state index contributed by atoms with van der Waals surface area (Å²) in [6.45, 7) is 2.71. The quantitative estimate of drug-likeness (QED) is 0.584. The number of para-hydroxylation sites is 2. The number of hydrazine groups is 1. The Bertz CT molecular complexity index is 1230. The molecule has 0 radical (unpaired) electrons. The molecule has 0 bridgehead atoms. The van der Waals surface area contributed by atoms with Crippen LogP contribution in [-0.2, 0) is 4.79 Å². The molecule has 0 aliphatic carbocycles. The number of ether oxygens (including phenoxy) is 1. The summed E-state index contributed by atoms with van der Waals surface area (Å²) in [6, 6.07) is 20.3. The fraction of sp³-hybridized carbons (Fsp3) is 0.346. The number of hydrogen-bond donors (Lipinski definition) is 2. The molecular formula is C26H30N6O3. The SMILES string of the molecule is COc1ccccc1C1CC(C(=O)N2CCCN(c3ccc(=O)n(-c4ccccc4)n3)CC2)NN1. The van der Waals surface area contributed by atoms with Crippen molar-refractivity contribution in [1.29, 1.82) is 0 Å². The second kappa shape index (κ2) is 10.3. The summed E-state index contributed by atoms with van der Waals surface area (Å²) in [7, 11) is 1.66. The zero-order chi connectivity index (χ0) is 24.2. The predicted molar refractivity (Wildman–Crippen MR) is 134 cm³/mol. The molecule has 1 aromatic heterocycles. The Labute approximate surface area is 204 Å². The monoisotopic (exact) mass is 474 g/mol. The van der Waals surface area contributed by atoms with Gasteiger partial charge in [0.05, 0.1) is 18.8 Å². The molecule has 0 spiro atoms. The molecule has 182 valence electrons. The highest BCUT2D eigenvalue weighted by Gasteiger charge is 2.34. The normalized spacial score (nSPS) is 20.5. The molecule has 2 atom stereocenters. The van der Waals surface area contributed by atoms with Gasteiger partial charge in [0, 0.05) is 37.8 Å². The van der Waals surface area contributed by atoms with E-state index in [1.54, 1.807) is 19.2 Å². The molecule has 0 saturated carbocycles. The third-order valence-corrected chi connectivity index (χ3v) is 6.63. The first kappa shape index (κ1) is 23.1. The van der Waals surface area contributed by atoms with Gasteiger partial charge in [-0.15, -0.1) is 5.10 Å². The number of anilines is 1. The highest BCUT2D eigenvalue weighted by Crippen LogP contribution is 2.30. The van der Waals surface area contributed by atoms with Crippen LogP contribution in [0.2, 0.25) is 0 Å². The van der Waals surface area contributed by atoms with Gasteiger partial charge in [0.25, 0.3) is 5.56 Å². The highest BCUT2D eigenvalue weighted by atomic mass is 16.5. The van der Waals surface area contributed by atoms with Gasteiger partial charge in [0.2, 0.25) is 5.91 Å². The topological polar surface area (TPSA) is 91.7 Å². The van der Waals surface area contributed by atoms with E-state index in [1.807, 2.05) is 59.5 Å². The van der Waals surface area contributed by atoms with Gasteiger partial charge in [-0.2, -0.15) is 4.68 Å². The number of methoxy groups -OCH3 is 1. The van der Waals surface area contributed by atoms with E-state index < -0.39 is 0 Å². The zero-order valence-electron chi connectivity index (χ0n) is 19.8. The van der Waals surface area contributed by atoms with Crippen LogP contribution in [0.3, 0.4) is 0 Å². The Morgan fingerprint density at radius 1 is 0.943 bits per heavy atom. The third kappa shape index (κ3) is 4.91. The van der Waals surface area contributed by atoms with Crippen molar-refractivity contribution in [3.8, 4) is 11.4 Å². The minimum Gasteiger partial charge on any atom is -0.496 e. The molecule has 2 saturated heterocycles. The Kier molecular flexibility index (Phi) is 6.78. The van der Waals surface area contributed by atoms with E-state index in [2.05, 4.69) is 20.9 Å². The van der Waals surface area contributed by atoms with Crippen molar-refractivity contribution in [2.24, 2.45) is 0 Å². The lowest BCUT2D eigenvalue weighted by molar-refractivity contribution is -0.133. The van der Waals surface area contributed by atoms with Crippen LogP contribution >= 0.6 is 0 Å². The van der Waals surface area contributed by atoms with E-state index in [9.17, 15) is 9.59 Å². The number of nitrogens with one attached hydrogen (secondary N) is 2. The van der Waals surface area contributed by atoms with Gasteiger partial charge in [0.1, 0.15) is 17.6 Å². The molecule has 2 unspecified atom stereocenters. The van der Waals surface area contributed by atoms with Gasteiger partial charge in [-0.25, -0.2) is 10.9 Å². The molecular weight excluding hydrogens is 444 g/mol. The van der Waals surface area contributed by atoms with Crippen molar-refractivity contribution in [2.45, 2.75) is 24.9 Å². The number of rotatable bonds is 5. The summed E-state index contributed by atoms with van der Waals surface area (Å²) in [5.74, 6) is 1.65. The minimum atomic E-state index is -0.297. The summed E-state index contributed by atoms with van der Waals surface area (Å²) in [5.41, 5.74) is 8.06. The van der Waals surface area contributed by atoms with Gasteiger partial charge in [-0.3, -0.25) is 9.59 Å². The third-order valence-electron chi connectivity index (χ3n) is 6.63. The van der Waals surface area contributed by atoms with E-state index in [0.29, 0.717) is 26.1 Å². The van der Waals surface area contributed by atoms with E-state index in [0.717, 1.165) is 35.8 Å². The number of carbonyl (C=O) groups is 1. The van der Waals surface area contributed by atoms with E-state index in [1.165, 1.54) is 4.68 Å². The maximum absolute atomic E-state index is 13.3. The average Bonchev–Trinajstić information content (AvgIpc) is 3.27. The van der Waals surface area contributed by atoms with Gasteiger partial charge < -0.3 is 14.5 Å². The molecule has 2 N–H and O–H groups in total. The molecule has 3 aromatic rings. The standard InChI is InChI=1S/C26H30N6O3/c1-35-23-11-6-5-10-20(23)21-18-22(28-27-21)26(34)31-15-7-14-30(16-17-31)24-12-13-25(33)32(29-24)19-8-3-2-4-9-19/h2-6,8-13,21-22,27-28H,7,14-18H2,1H3. The maximum Gasteiger partial charge on any atom is 0.271 e. The predicted octanol–water partition coefficient (Wildman–Crippen LogP) is 1.89. The minimum absolute atomic E-state index is 0.00631. The van der Waals surface area contributed by atoms with Crippen LogP contribution in [0.5, 0.6) is 5.75 Å².